The first-order valence-corrected chi connectivity index (χ1v) is 7.19. The van der Waals surface area contributed by atoms with Gasteiger partial charge in [0, 0.05) is 19.7 Å². The van der Waals surface area contributed by atoms with Gasteiger partial charge in [-0.25, -0.2) is 0 Å². The van der Waals surface area contributed by atoms with E-state index in [1.54, 1.807) is 0 Å². The minimum atomic E-state index is 0.0634. The van der Waals surface area contributed by atoms with Crippen molar-refractivity contribution in [1.82, 2.24) is 5.32 Å². The molecule has 2 fully saturated rings. The lowest BCUT2D eigenvalue weighted by Crippen LogP contribution is -2.36. The second-order valence-electron chi connectivity index (χ2n) is 6.02. The number of ether oxygens (including phenoxy) is 1. The van der Waals surface area contributed by atoms with E-state index in [2.05, 4.69) is 36.5 Å². The Morgan fingerprint density at radius 3 is 2.67 bits per heavy atom. The maximum Gasteiger partial charge on any atom is 0.0779 e. The summed E-state index contributed by atoms with van der Waals surface area (Å²) >= 11 is 0. The molecule has 18 heavy (non-hydrogen) atoms. The largest absolute Gasteiger partial charge is 0.374 e. The van der Waals surface area contributed by atoms with Crippen LogP contribution in [0.15, 0.2) is 24.3 Å². The molecule has 1 aromatic carbocycles. The summed E-state index contributed by atoms with van der Waals surface area (Å²) in [6.45, 7) is 5.04. The van der Waals surface area contributed by atoms with Gasteiger partial charge in [0.2, 0.25) is 0 Å². The summed E-state index contributed by atoms with van der Waals surface area (Å²) in [6.07, 6.45) is 5.15. The van der Waals surface area contributed by atoms with Crippen LogP contribution in [0.25, 0.3) is 0 Å². The molecule has 98 valence electrons. The Kier molecular flexibility index (Phi) is 3.40. The molecule has 1 atom stereocenters. The lowest BCUT2D eigenvalue weighted by atomic mass is 10.0. The Morgan fingerprint density at radius 2 is 2.06 bits per heavy atom. The van der Waals surface area contributed by atoms with Crippen LogP contribution < -0.4 is 5.32 Å². The smallest absolute Gasteiger partial charge is 0.0779 e. The van der Waals surface area contributed by atoms with Crippen LogP contribution in [-0.4, -0.2) is 18.8 Å². The van der Waals surface area contributed by atoms with E-state index in [1.165, 1.54) is 36.8 Å². The molecule has 1 unspecified atom stereocenters. The highest BCUT2D eigenvalue weighted by Crippen LogP contribution is 2.39. The molecule has 1 aliphatic heterocycles. The van der Waals surface area contributed by atoms with Gasteiger partial charge in [0.05, 0.1) is 5.60 Å². The SMILES string of the molecule is CC1(CNCc2ccc(C3CC3)cc2)CCCO1. The number of rotatable bonds is 5. The van der Waals surface area contributed by atoms with Crippen molar-refractivity contribution in [3.8, 4) is 0 Å². The van der Waals surface area contributed by atoms with E-state index in [0.717, 1.165) is 25.6 Å². The molecule has 1 aliphatic carbocycles. The Balaban J connectivity index is 1.47. The molecule has 1 saturated heterocycles. The molecule has 2 nitrogen and oxygen atoms in total. The van der Waals surface area contributed by atoms with Crippen molar-refractivity contribution in [2.75, 3.05) is 13.2 Å². The molecule has 1 saturated carbocycles. The maximum absolute atomic E-state index is 5.77. The van der Waals surface area contributed by atoms with Crippen LogP contribution in [0, 0.1) is 0 Å². The topological polar surface area (TPSA) is 21.3 Å². The molecule has 1 aromatic rings. The quantitative estimate of drug-likeness (QED) is 0.860. The second kappa shape index (κ2) is 5.02. The molecule has 2 heteroatoms. The van der Waals surface area contributed by atoms with Gasteiger partial charge in [0.1, 0.15) is 0 Å². The van der Waals surface area contributed by atoms with Crippen molar-refractivity contribution in [1.29, 1.82) is 0 Å². The predicted octanol–water partition coefficient (Wildman–Crippen LogP) is 3.22. The van der Waals surface area contributed by atoms with Crippen molar-refractivity contribution >= 4 is 0 Å². The minimum absolute atomic E-state index is 0.0634. The monoisotopic (exact) mass is 245 g/mol. The van der Waals surface area contributed by atoms with Crippen molar-refractivity contribution in [2.24, 2.45) is 0 Å². The van der Waals surface area contributed by atoms with Gasteiger partial charge >= 0.3 is 0 Å². The van der Waals surface area contributed by atoms with Gasteiger partial charge in [0.25, 0.3) is 0 Å². The molecule has 1 N–H and O–H groups in total. The van der Waals surface area contributed by atoms with Crippen LogP contribution >= 0.6 is 0 Å². The van der Waals surface area contributed by atoms with E-state index in [9.17, 15) is 0 Å². The Bertz CT molecular complexity index is 388. The number of benzene rings is 1. The summed E-state index contributed by atoms with van der Waals surface area (Å²) in [7, 11) is 0. The molecule has 3 rings (SSSR count). The van der Waals surface area contributed by atoms with Crippen LogP contribution in [-0.2, 0) is 11.3 Å². The second-order valence-corrected chi connectivity index (χ2v) is 6.02. The predicted molar refractivity (Wildman–Crippen MR) is 73.7 cm³/mol. The average Bonchev–Trinajstić information content (AvgIpc) is 3.14. The third kappa shape index (κ3) is 2.93. The van der Waals surface area contributed by atoms with E-state index in [-0.39, 0.29) is 5.60 Å². The molecule has 0 amide bonds. The lowest BCUT2D eigenvalue weighted by molar-refractivity contribution is 0.0207. The van der Waals surface area contributed by atoms with Crippen LogP contribution in [0.2, 0.25) is 0 Å². The summed E-state index contributed by atoms with van der Waals surface area (Å²) in [5, 5.41) is 3.52. The number of hydrogen-bond donors (Lipinski definition) is 1. The fourth-order valence-electron chi connectivity index (χ4n) is 2.77. The van der Waals surface area contributed by atoms with E-state index in [4.69, 9.17) is 4.74 Å². The number of nitrogens with one attached hydrogen (secondary N) is 1. The van der Waals surface area contributed by atoms with Gasteiger partial charge in [-0.3, -0.25) is 0 Å². The van der Waals surface area contributed by atoms with Gasteiger partial charge in [-0.1, -0.05) is 24.3 Å². The molecular formula is C16H23NO. The standard InChI is InChI=1S/C16H23NO/c1-16(9-2-10-18-16)12-17-11-13-3-5-14(6-4-13)15-7-8-15/h3-6,15,17H,2,7-12H2,1H3. The van der Waals surface area contributed by atoms with Crippen molar-refractivity contribution in [3.63, 3.8) is 0 Å². The van der Waals surface area contributed by atoms with Crippen LogP contribution in [0.4, 0.5) is 0 Å². The third-order valence-corrected chi connectivity index (χ3v) is 4.16. The first-order valence-electron chi connectivity index (χ1n) is 7.19. The molecule has 0 bridgehead atoms. The lowest BCUT2D eigenvalue weighted by Gasteiger charge is -2.23. The summed E-state index contributed by atoms with van der Waals surface area (Å²) in [6, 6.07) is 9.11. The van der Waals surface area contributed by atoms with Gasteiger partial charge in [-0.15, -0.1) is 0 Å². The van der Waals surface area contributed by atoms with E-state index < -0.39 is 0 Å². The van der Waals surface area contributed by atoms with Crippen molar-refractivity contribution in [2.45, 2.75) is 50.7 Å². The molecule has 0 aromatic heterocycles. The number of hydrogen-bond acceptors (Lipinski definition) is 2. The van der Waals surface area contributed by atoms with Gasteiger partial charge < -0.3 is 10.1 Å². The first kappa shape index (κ1) is 12.2. The Morgan fingerprint density at radius 1 is 1.28 bits per heavy atom. The van der Waals surface area contributed by atoms with Crippen LogP contribution in [0.3, 0.4) is 0 Å². The Hall–Kier alpha value is -0.860. The zero-order valence-electron chi connectivity index (χ0n) is 11.2. The van der Waals surface area contributed by atoms with Gasteiger partial charge in [-0.05, 0) is 49.7 Å². The molecule has 1 heterocycles. The zero-order chi connectivity index (χ0) is 12.4. The first-order chi connectivity index (χ1) is 8.75. The summed E-state index contributed by atoms with van der Waals surface area (Å²) in [4.78, 5) is 0. The van der Waals surface area contributed by atoms with Gasteiger partial charge in [-0.2, -0.15) is 0 Å². The highest BCUT2D eigenvalue weighted by atomic mass is 16.5. The zero-order valence-corrected chi connectivity index (χ0v) is 11.2. The Labute approximate surface area is 110 Å². The van der Waals surface area contributed by atoms with Crippen molar-refractivity contribution < 1.29 is 4.74 Å². The minimum Gasteiger partial charge on any atom is -0.374 e. The summed E-state index contributed by atoms with van der Waals surface area (Å²) in [5.74, 6) is 0.859. The summed E-state index contributed by atoms with van der Waals surface area (Å²) < 4.78 is 5.77. The highest BCUT2D eigenvalue weighted by Gasteiger charge is 2.29. The normalized spacial score (nSPS) is 27.6. The molecular weight excluding hydrogens is 222 g/mol. The van der Waals surface area contributed by atoms with Gasteiger partial charge in [0.15, 0.2) is 0 Å². The van der Waals surface area contributed by atoms with E-state index >= 15 is 0 Å². The molecule has 0 spiro atoms. The third-order valence-electron chi connectivity index (χ3n) is 4.16. The molecule has 2 aliphatic rings. The average molecular weight is 245 g/mol. The van der Waals surface area contributed by atoms with E-state index in [0.29, 0.717) is 0 Å². The fraction of sp³-hybridized carbons (Fsp3) is 0.625. The molecule has 0 radical (unpaired) electrons. The summed E-state index contributed by atoms with van der Waals surface area (Å²) in [5.41, 5.74) is 2.96. The maximum atomic E-state index is 5.77. The fourth-order valence-corrected chi connectivity index (χ4v) is 2.77. The van der Waals surface area contributed by atoms with Crippen LogP contribution in [0.5, 0.6) is 0 Å². The highest BCUT2D eigenvalue weighted by molar-refractivity contribution is 5.27. The van der Waals surface area contributed by atoms with Crippen LogP contribution in [0.1, 0.15) is 49.7 Å². The van der Waals surface area contributed by atoms with Crippen molar-refractivity contribution in [3.05, 3.63) is 35.4 Å². The van der Waals surface area contributed by atoms with E-state index in [1.807, 2.05) is 0 Å².